The van der Waals surface area contributed by atoms with E-state index in [9.17, 15) is 22.4 Å². The smallest absolute Gasteiger partial charge is 0.338 e. The first-order valence-corrected chi connectivity index (χ1v) is 13.3. The number of benzene rings is 2. The largest absolute Gasteiger partial charge is 0.454 e. The van der Waals surface area contributed by atoms with Crippen LogP contribution in [0.5, 0.6) is 11.5 Å². The highest BCUT2D eigenvalue weighted by Crippen LogP contribution is 2.35. The fourth-order valence-corrected chi connectivity index (χ4v) is 6.01. The minimum Gasteiger partial charge on any atom is -0.454 e. The first kappa shape index (κ1) is 25.9. The van der Waals surface area contributed by atoms with Crippen molar-refractivity contribution >= 4 is 21.8 Å². The highest BCUT2D eigenvalue weighted by molar-refractivity contribution is 7.89. The van der Waals surface area contributed by atoms with Gasteiger partial charge in [-0.2, -0.15) is 4.31 Å². The lowest BCUT2D eigenvalue weighted by Gasteiger charge is -2.26. The third kappa shape index (κ3) is 4.77. The molecular formula is C26H25FN2O8S. The van der Waals surface area contributed by atoms with E-state index >= 15 is 0 Å². The minimum atomic E-state index is -4.18. The molecule has 0 N–H and O–H groups in total. The maximum absolute atomic E-state index is 14.5. The van der Waals surface area contributed by atoms with E-state index in [4.69, 9.17) is 18.9 Å². The van der Waals surface area contributed by atoms with E-state index in [2.05, 4.69) is 0 Å². The van der Waals surface area contributed by atoms with Gasteiger partial charge in [-0.3, -0.25) is 4.79 Å². The second-order valence-electron chi connectivity index (χ2n) is 8.82. The number of ether oxygens (including phenoxy) is 4. The van der Waals surface area contributed by atoms with Crippen molar-refractivity contribution in [3.8, 4) is 17.2 Å². The first-order chi connectivity index (χ1) is 18.2. The number of ketones is 1. The number of rotatable bonds is 7. The van der Waals surface area contributed by atoms with Gasteiger partial charge in [-0.25, -0.2) is 17.6 Å². The maximum atomic E-state index is 14.5. The molecule has 1 fully saturated rings. The topological polar surface area (TPSA) is 113 Å². The average Bonchev–Trinajstić information content (AvgIpc) is 3.50. The molecule has 2 aliphatic rings. The van der Waals surface area contributed by atoms with Crippen LogP contribution in [0.2, 0.25) is 0 Å². The Morgan fingerprint density at radius 3 is 2.50 bits per heavy atom. The van der Waals surface area contributed by atoms with Crippen molar-refractivity contribution in [3.63, 3.8) is 0 Å². The number of esters is 1. The fraction of sp³-hybridized carbons (Fsp3) is 0.308. The SMILES string of the molecule is Cc1cc(C(=O)COC(=O)c2ccc(F)c(S(=O)(=O)N3CCOCC3)c2)c(C)n1-c1ccc2c(c1)OCO2. The van der Waals surface area contributed by atoms with Crippen molar-refractivity contribution in [2.75, 3.05) is 39.7 Å². The monoisotopic (exact) mass is 544 g/mol. The van der Waals surface area contributed by atoms with Gasteiger partial charge in [-0.05, 0) is 50.2 Å². The molecule has 38 heavy (non-hydrogen) atoms. The van der Waals surface area contributed by atoms with E-state index < -0.39 is 39.1 Å². The van der Waals surface area contributed by atoms with Crippen LogP contribution in [0, 0.1) is 19.7 Å². The molecule has 2 aromatic carbocycles. The Bertz CT molecular complexity index is 1530. The Morgan fingerprint density at radius 2 is 1.74 bits per heavy atom. The van der Waals surface area contributed by atoms with E-state index in [0.717, 1.165) is 33.9 Å². The Labute approximate surface area is 218 Å². The Balaban J connectivity index is 1.31. The number of carbonyl (C=O) groups is 2. The van der Waals surface area contributed by atoms with Crippen LogP contribution in [0.4, 0.5) is 4.39 Å². The lowest BCUT2D eigenvalue weighted by atomic mass is 10.1. The maximum Gasteiger partial charge on any atom is 0.338 e. The number of aryl methyl sites for hydroxylation is 1. The lowest BCUT2D eigenvalue weighted by Crippen LogP contribution is -2.41. The predicted octanol–water partition coefficient (Wildman–Crippen LogP) is 3.02. The summed E-state index contributed by atoms with van der Waals surface area (Å²) in [6, 6.07) is 10.1. The number of carbonyl (C=O) groups excluding carboxylic acids is 2. The Kier molecular flexibility index (Phi) is 6.95. The summed E-state index contributed by atoms with van der Waals surface area (Å²) < 4.78 is 64.3. The van der Waals surface area contributed by atoms with E-state index in [1.165, 1.54) is 0 Å². The quantitative estimate of drug-likeness (QED) is 0.330. The molecular weight excluding hydrogens is 519 g/mol. The zero-order chi connectivity index (χ0) is 27.0. The number of sulfonamides is 1. The van der Waals surface area contributed by atoms with Gasteiger partial charge in [0.2, 0.25) is 22.6 Å². The van der Waals surface area contributed by atoms with Crippen molar-refractivity contribution in [2.24, 2.45) is 0 Å². The summed E-state index contributed by atoms with van der Waals surface area (Å²) in [6.45, 7) is 3.73. The summed E-state index contributed by atoms with van der Waals surface area (Å²) >= 11 is 0. The van der Waals surface area contributed by atoms with Crippen molar-refractivity contribution in [2.45, 2.75) is 18.7 Å². The van der Waals surface area contributed by atoms with Gasteiger partial charge < -0.3 is 23.5 Å². The molecule has 3 aromatic rings. The summed E-state index contributed by atoms with van der Waals surface area (Å²) in [7, 11) is -4.18. The van der Waals surface area contributed by atoms with E-state index in [1.807, 2.05) is 23.6 Å². The van der Waals surface area contributed by atoms with Crippen LogP contribution >= 0.6 is 0 Å². The van der Waals surface area contributed by atoms with Crippen molar-refractivity contribution < 1.29 is 41.3 Å². The van der Waals surface area contributed by atoms with Gasteiger partial charge in [-0.1, -0.05) is 0 Å². The summed E-state index contributed by atoms with van der Waals surface area (Å²) in [5.41, 5.74) is 2.38. The van der Waals surface area contributed by atoms with Gasteiger partial charge in [0.1, 0.15) is 10.7 Å². The lowest BCUT2D eigenvalue weighted by molar-refractivity contribution is 0.0474. The van der Waals surface area contributed by atoms with Crippen LogP contribution in [0.3, 0.4) is 0 Å². The molecule has 10 nitrogen and oxygen atoms in total. The molecule has 0 unspecified atom stereocenters. The van der Waals surface area contributed by atoms with Gasteiger partial charge in [0.25, 0.3) is 0 Å². The fourth-order valence-electron chi connectivity index (χ4n) is 4.51. The number of halogens is 1. The zero-order valence-electron chi connectivity index (χ0n) is 20.7. The standard InChI is InChI=1S/C26H25FN2O8S/c1-16-11-20(17(2)29(16)19-4-6-23-24(13-19)37-15-36-23)22(30)14-35-26(31)18-3-5-21(27)25(12-18)38(32,33)28-7-9-34-10-8-28/h3-6,11-13H,7-10,14-15H2,1-2H3. The van der Waals surface area contributed by atoms with E-state index in [0.29, 0.717) is 22.8 Å². The zero-order valence-corrected chi connectivity index (χ0v) is 21.5. The van der Waals surface area contributed by atoms with Crippen molar-refractivity contribution in [3.05, 3.63) is 70.8 Å². The number of hydrogen-bond acceptors (Lipinski definition) is 8. The second kappa shape index (κ2) is 10.2. The van der Waals surface area contributed by atoms with E-state index in [-0.39, 0.29) is 38.7 Å². The van der Waals surface area contributed by atoms with Gasteiger partial charge in [-0.15, -0.1) is 0 Å². The molecule has 0 spiro atoms. The van der Waals surface area contributed by atoms with Crippen LogP contribution < -0.4 is 9.47 Å². The molecule has 12 heteroatoms. The van der Waals surface area contributed by atoms with Crippen LogP contribution in [-0.4, -0.2) is 68.7 Å². The molecule has 0 amide bonds. The molecule has 0 bridgehead atoms. The highest BCUT2D eigenvalue weighted by atomic mass is 32.2. The van der Waals surface area contributed by atoms with Crippen molar-refractivity contribution in [1.29, 1.82) is 0 Å². The second-order valence-corrected chi connectivity index (χ2v) is 10.7. The predicted molar refractivity (Wildman–Crippen MR) is 132 cm³/mol. The molecule has 0 saturated carbocycles. The molecule has 2 aliphatic heterocycles. The van der Waals surface area contributed by atoms with Gasteiger partial charge in [0.15, 0.2) is 18.1 Å². The molecule has 0 radical (unpaired) electrons. The summed E-state index contributed by atoms with van der Waals surface area (Å²) in [5.74, 6) is -1.13. The normalized spacial score (nSPS) is 15.4. The highest BCUT2D eigenvalue weighted by Gasteiger charge is 2.30. The van der Waals surface area contributed by atoms with Crippen molar-refractivity contribution in [1.82, 2.24) is 8.87 Å². The molecule has 3 heterocycles. The number of nitrogens with zero attached hydrogens (tertiary/aromatic N) is 2. The third-order valence-corrected chi connectivity index (χ3v) is 8.35. The first-order valence-electron chi connectivity index (χ1n) is 11.8. The Hall–Kier alpha value is -3.74. The minimum absolute atomic E-state index is 0.0790. The molecule has 5 rings (SSSR count). The Morgan fingerprint density at radius 1 is 1.00 bits per heavy atom. The summed E-state index contributed by atoms with van der Waals surface area (Å²) in [5, 5.41) is 0. The average molecular weight is 545 g/mol. The summed E-state index contributed by atoms with van der Waals surface area (Å²) in [4.78, 5) is 25.0. The van der Waals surface area contributed by atoms with Crippen LogP contribution in [0.1, 0.15) is 32.1 Å². The molecule has 1 aromatic heterocycles. The van der Waals surface area contributed by atoms with Gasteiger partial charge in [0, 0.05) is 41.8 Å². The number of Topliss-reactive ketones (excluding diaryl/α,β-unsaturated/α-hetero) is 1. The molecule has 1 saturated heterocycles. The number of morpholine rings is 1. The van der Waals surface area contributed by atoms with Crippen LogP contribution in [0.25, 0.3) is 5.69 Å². The number of hydrogen-bond donors (Lipinski definition) is 0. The van der Waals surface area contributed by atoms with E-state index in [1.54, 1.807) is 19.1 Å². The molecule has 0 atom stereocenters. The van der Waals surface area contributed by atoms with Gasteiger partial charge >= 0.3 is 5.97 Å². The molecule has 0 aliphatic carbocycles. The summed E-state index contributed by atoms with van der Waals surface area (Å²) in [6.07, 6.45) is 0. The number of aromatic nitrogens is 1. The molecule has 200 valence electrons. The third-order valence-electron chi connectivity index (χ3n) is 6.44. The van der Waals surface area contributed by atoms with Crippen LogP contribution in [-0.2, 0) is 19.5 Å². The van der Waals surface area contributed by atoms with Gasteiger partial charge in [0.05, 0.1) is 18.8 Å². The van der Waals surface area contributed by atoms with Crippen LogP contribution in [0.15, 0.2) is 47.4 Å². The number of fused-ring (bicyclic) bond motifs is 1.